The molecule has 2 fully saturated rings. The Morgan fingerprint density at radius 2 is 2.25 bits per heavy atom. The summed E-state index contributed by atoms with van der Waals surface area (Å²) in [6.07, 6.45) is 2.74. The van der Waals surface area contributed by atoms with Crippen molar-refractivity contribution in [2.24, 2.45) is 11.7 Å². The van der Waals surface area contributed by atoms with Crippen molar-refractivity contribution >= 4 is 5.91 Å². The first-order valence-corrected chi connectivity index (χ1v) is 7.38. The quantitative estimate of drug-likeness (QED) is 0.869. The third-order valence-corrected chi connectivity index (χ3v) is 4.62. The number of carbonyl (C=O) groups excluding carboxylic acids is 1. The van der Waals surface area contributed by atoms with Crippen LogP contribution in [0.1, 0.15) is 24.0 Å². The van der Waals surface area contributed by atoms with Crippen LogP contribution < -0.4 is 11.1 Å². The molecule has 0 radical (unpaired) electrons. The monoisotopic (exact) mass is 274 g/mol. The van der Waals surface area contributed by atoms with Gasteiger partial charge in [-0.15, -0.1) is 0 Å². The third-order valence-electron chi connectivity index (χ3n) is 4.62. The number of amides is 1. The van der Waals surface area contributed by atoms with E-state index in [0.29, 0.717) is 12.3 Å². The first kappa shape index (κ1) is 13.6. The fourth-order valence-electron chi connectivity index (χ4n) is 3.34. The molecule has 4 heteroatoms. The van der Waals surface area contributed by atoms with Gasteiger partial charge in [-0.2, -0.15) is 0 Å². The second-order valence-electron chi connectivity index (χ2n) is 5.92. The van der Waals surface area contributed by atoms with Gasteiger partial charge < -0.3 is 15.8 Å². The normalized spacial score (nSPS) is 32.1. The van der Waals surface area contributed by atoms with Crippen LogP contribution in [0.25, 0.3) is 0 Å². The average molecular weight is 274 g/mol. The SMILES string of the molecule is Cc1ccccc1CC(=O)NC1C(N)C2CCCOC21. The number of nitrogens with one attached hydrogen (secondary N) is 1. The van der Waals surface area contributed by atoms with Crippen LogP contribution in [-0.4, -0.2) is 30.7 Å². The number of nitrogens with two attached hydrogens (primary N) is 1. The summed E-state index contributed by atoms with van der Waals surface area (Å²) in [6, 6.07) is 8.00. The van der Waals surface area contributed by atoms with Crippen LogP contribution in [0, 0.1) is 12.8 Å². The van der Waals surface area contributed by atoms with Crippen LogP contribution in [-0.2, 0) is 16.0 Å². The van der Waals surface area contributed by atoms with Crippen molar-refractivity contribution in [2.45, 2.75) is 44.4 Å². The second kappa shape index (κ2) is 5.54. The number of fused-ring (bicyclic) bond motifs is 1. The Bertz CT molecular complexity index is 503. The van der Waals surface area contributed by atoms with Crippen molar-refractivity contribution in [2.75, 3.05) is 6.61 Å². The lowest BCUT2D eigenvalue weighted by molar-refractivity contribution is -0.138. The van der Waals surface area contributed by atoms with Gasteiger partial charge in [0.15, 0.2) is 0 Å². The smallest absolute Gasteiger partial charge is 0.224 e. The molecule has 4 atom stereocenters. The van der Waals surface area contributed by atoms with Crippen LogP contribution >= 0.6 is 0 Å². The Morgan fingerprint density at radius 3 is 3.05 bits per heavy atom. The van der Waals surface area contributed by atoms with Gasteiger partial charge >= 0.3 is 0 Å². The number of ether oxygens (including phenoxy) is 1. The van der Waals surface area contributed by atoms with Crippen LogP contribution in [0.4, 0.5) is 0 Å². The van der Waals surface area contributed by atoms with Gasteiger partial charge in [0.1, 0.15) is 0 Å². The van der Waals surface area contributed by atoms with Crippen LogP contribution in [0.5, 0.6) is 0 Å². The number of rotatable bonds is 3. The summed E-state index contributed by atoms with van der Waals surface area (Å²) in [4.78, 5) is 12.2. The minimum absolute atomic E-state index is 0.0168. The third kappa shape index (κ3) is 2.45. The minimum atomic E-state index is -0.0168. The molecule has 4 nitrogen and oxygen atoms in total. The van der Waals surface area contributed by atoms with Crippen molar-refractivity contribution < 1.29 is 9.53 Å². The molecule has 0 spiro atoms. The number of hydrogen-bond acceptors (Lipinski definition) is 3. The van der Waals surface area contributed by atoms with Gasteiger partial charge in [0.2, 0.25) is 5.91 Å². The number of hydrogen-bond donors (Lipinski definition) is 2. The summed E-state index contributed by atoms with van der Waals surface area (Å²) in [6.45, 7) is 2.82. The van der Waals surface area contributed by atoms with E-state index in [4.69, 9.17) is 10.5 Å². The van der Waals surface area contributed by atoms with Crippen molar-refractivity contribution in [3.8, 4) is 0 Å². The van der Waals surface area contributed by atoms with Crippen LogP contribution in [0.15, 0.2) is 24.3 Å². The summed E-state index contributed by atoms with van der Waals surface area (Å²) in [5, 5.41) is 3.05. The Balaban J connectivity index is 1.58. The van der Waals surface area contributed by atoms with Crippen LogP contribution in [0.2, 0.25) is 0 Å². The number of benzene rings is 1. The maximum absolute atomic E-state index is 12.2. The fraction of sp³-hybridized carbons (Fsp3) is 0.562. The molecule has 1 aromatic rings. The Labute approximate surface area is 119 Å². The molecule has 108 valence electrons. The highest BCUT2D eigenvalue weighted by Gasteiger charge is 2.50. The second-order valence-corrected chi connectivity index (χ2v) is 5.92. The van der Waals surface area contributed by atoms with E-state index in [2.05, 4.69) is 5.32 Å². The maximum Gasteiger partial charge on any atom is 0.224 e. The molecule has 1 saturated carbocycles. The molecule has 0 bridgehead atoms. The average Bonchev–Trinajstić information content (AvgIpc) is 2.47. The van der Waals surface area contributed by atoms with E-state index in [1.807, 2.05) is 31.2 Å². The largest absolute Gasteiger partial charge is 0.376 e. The predicted octanol–water partition coefficient (Wildman–Crippen LogP) is 1.16. The topological polar surface area (TPSA) is 64.4 Å². The fourth-order valence-corrected chi connectivity index (χ4v) is 3.34. The van der Waals surface area contributed by atoms with Gasteiger partial charge in [0.25, 0.3) is 0 Å². The van der Waals surface area contributed by atoms with E-state index >= 15 is 0 Å². The summed E-state index contributed by atoms with van der Waals surface area (Å²) in [7, 11) is 0. The van der Waals surface area contributed by atoms with Gasteiger partial charge in [0.05, 0.1) is 18.6 Å². The standard InChI is InChI=1S/C16H22N2O2/c1-10-5-2-3-6-11(10)9-13(19)18-15-14(17)12-7-4-8-20-16(12)15/h2-3,5-6,12,14-16H,4,7-9,17H2,1H3,(H,18,19). The lowest BCUT2D eigenvalue weighted by Crippen LogP contribution is -2.72. The highest BCUT2D eigenvalue weighted by molar-refractivity contribution is 5.79. The summed E-state index contributed by atoms with van der Waals surface area (Å²) in [5.41, 5.74) is 8.37. The number of carbonyl (C=O) groups is 1. The molecular weight excluding hydrogens is 252 g/mol. The summed E-state index contributed by atoms with van der Waals surface area (Å²) < 4.78 is 5.74. The van der Waals surface area contributed by atoms with E-state index in [9.17, 15) is 4.79 Å². The van der Waals surface area contributed by atoms with E-state index < -0.39 is 0 Å². The van der Waals surface area contributed by atoms with Gasteiger partial charge in [-0.3, -0.25) is 4.79 Å². The molecule has 1 heterocycles. The molecule has 1 aliphatic heterocycles. The van der Waals surface area contributed by atoms with Gasteiger partial charge in [-0.1, -0.05) is 24.3 Å². The first-order valence-electron chi connectivity index (χ1n) is 7.38. The predicted molar refractivity (Wildman–Crippen MR) is 77.3 cm³/mol. The first-order chi connectivity index (χ1) is 9.66. The lowest BCUT2D eigenvalue weighted by atomic mass is 9.68. The van der Waals surface area contributed by atoms with Gasteiger partial charge in [-0.05, 0) is 30.9 Å². The molecule has 0 aromatic heterocycles. The Kier molecular flexibility index (Phi) is 3.76. The van der Waals surface area contributed by atoms with Crippen molar-refractivity contribution in [1.82, 2.24) is 5.32 Å². The molecule has 1 saturated heterocycles. The highest BCUT2D eigenvalue weighted by atomic mass is 16.5. The molecule has 3 N–H and O–H groups in total. The maximum atomic E-state index is 12.2. The molecule has 1 aromatic carbocycles. The summed E-state index contributed by atoms with van der Waals surface area (Å²) >= 11 is 0. The van der Waals surface area contributed by atoms with E-state index in [0.717, 1.165) is 30.6 Å². The van der Waals surface area contributed by atoms with Crippen LogP contribution in [0.3, 0.4) is 0 Å². The molecule has 1 amide bonds. The Hall–Kier alpha value is -1.39. The van der Waals surface area contributed by atoms with Gasteiger partial charge in [0, 0.05) is 18.6 Å². The van der Waals surface area contributed by atoms with Crippen molar-refractivity contribution in [1.29, 1.82) is 0 Å². The van der Waals surface area contributed by atoms with E-state index in [-0.39, 0.29) is 24.1 Å². The Morgan fingerprint density at radius 1 is 1.45 bits per heavy atom. The molecular formula is C16H22N2O2. The zero-order chi connectivity index (χ0) is 14.1. The molecule has 20 heavy (non-hydrogen) atoms. The molecule has 2 aliphatic rings. The van der Waals surface area contributed by atoms with Crippen molar-refractivity contribution in [3.63, 3.8) is 0 Å². The summed E-state index contributed by atoms with van der Waals surface area (Å²) in [5.74, 6) is 0.458. The van der Waals surface area contributed by atoms with E-state index in [1.165, 1.54) is 0 Å². The molecule has 3 rings (SSSR count). The van der Waals surface area contributed by atoms with Gasteiger partial charge in [-0.25, -0.2) is 0 Å². The zero-order valence-corrected chi connectivity index (χ0v) is 11.8. The highest BCUT2D eigenvalue weighted by Crippen LogP contribution is 2.36. The lowest BCUT2D eigenvalue weighted by Gasteiger charge is -2.52. The molecule has 1 aliphatic carbocycles. The number of aryl methyl sites for hydroxylation is 1. The van der Waals surface area contributed by atoms with E-state index in [1.54, 1.807) is 0 Å². The zero-order valence-electron chi connectivity index (χ0n) is 11.8. The van der Waals surface area contributed by atoms with Crippen molar-refractivity contribution in [3.05, 3.63) is 35.4 Å². The molecule has 4 unspecified atom stereocenters. The minimum Gasteiger partial charge on any atom is -0.376 e.